The molecule has 0 bridgehead atoms. The first kappa shape index (κ1) is 22.7. The fourth-order valence-corrected chi connectivity index (χ4v) is 4.28. The molecule has 6 nitrogen and oxygen atoms in total. The molecule has 1 N–H and O–H groups in total. The Balaban J connectivity index is 1.55. The van der Waals surface area contributed by atoms with Crippen molar-refractivity contribution in [1.82, 2.24) is 15.2 Å². The molecule has 1 aromatic heterocycles. The summed E-state index contributed by atoms with van der Waals surface area (Å²) in [6.45, 7) is 3.03. The van der Waals surface area contributed by atoms with Crippen LogP contribution in [0.5, 0.6) is 0 Å². The normalized spacial score (nSPS) is 18.1. The maximum absolute atomic E-state index is 13.1. The summed E-state index contributed by atoms with van der Waals surface area (Å²) < 4.78 is 6.10. The number of rotatable bonds is 6. The summed E-state index contributed by atoms with van der Waals surface area (Å²) in [4.78, 5) is 31.9. The first-order valence-electron chi connectivity index (χ1n) is 11.2. The summed E-state index contributed by atoms with van der Waals surface area (Å²) in [6, 6.07) is 19.9. The lowest BCUT2D eigenvalue weighted by Gasteiger charge is -2.41. The predicted octanol–water partition coefficient (Wildman–Crippen LogP) is 3.19. The minimum atomic E-state index is -1.13. The first-order valence-corrected chi connectivity index (χ1v) is 11.2. The summed E-state index contributed by atoms with van der Waals surface area (Å²) in [5.41, 5.74) is 4.07. The fraction of sp³-hybridized carbons (Fsp3) is 0.296. The molecule has 3 aromatic rings. The number of hydrogen-bond acceptors (Lipinski definition) is 4. The van der Waals surface area contributed by atoms with Crippen LogP contribution in [0.25, 0.3) is 11.1 Å². The van der Waals surface area contributed by atoms with Gasteiger partial charge in [0.15, 0.2) is 5.60 Å². The third-order valence-electron chi connectivity index (χ3n) is 6.09. The van der Waals surface area contributed by atoms with Crippen LogP contribution in [-0.2, 0) is 27.2 Å². The Morgan fingerprint density at radius 1 is 1.03 bits per heavy atom. The number of ether oxygens (including phenoxy) is 1. The highest BCUT2D eigenvalue weighted by molar-refractivity contribution is 5.87. The molecule has 0 aliphatic carbocycles. The Morgan fingerprint density at radius 2 is 1.79 bits per heavy atom. The van der Waals surface area contributed by atoms with Gasteiger partial charge in [0.25, 0.3) is 5.91 Å². The van der Waals surface area contributed by atoms with E-state index in [2.05, 4.69) is 16.4 Å². The van der Waals surface area contributed by atoms with E-state index < -0.39 is 5.60 Å². The van der Waals surface area contributed by atoms with Crippen LogP contribution in [0, 0.1) is 6.92 Å². The second kappa shape index (κ2) is 9.96. The predicted molar refractivity (Wildman–Crippen MR) is 128 cm³/mol. The van der Waals surface area contributed by atoms with Crippen LogP contribution in [0.4, 0.5) is 0 Å². The number of hydrogen-bond donors (Lipinski definition) is 1. The van der Waals surface area contributed by atoms with E-state index in [1.54, 1.807) is 24.3 Å². The SMILES string of the molecule is CNC(=O)[C@@]1(Cc2cccc(-c3ccncc3)c2)CN(C(=O)Cc2ccc(C)cc2)CCO1. The van der Waals surface area contributed by atoms with E-state index in [4.69, 9.17) is 4.74 Å². The van der Waals surface area contributed by atoms with Crippen molar-refractivity contribution in [2.24, 2.45) is 0 Å². The molecule has 1 fully saturated rings. The molecule has 6 heteroatoms. The average molecular weight is 444 g/mol. The van der Waals surface area contributed by atoms with Gasteiger partial charge in [0.05, 0.1) is 19.6 Å². The molecule has 1 saturated heterocycles. The van der Waals surface area contributed by atoms with Crippen molar-refractivity contribution >= 4 is 11.8 Å². The third kappa shape index (κ3) is 5.29. The Kier molecular flexibility index (Phi) is 6.84. The lowest BCUT2D eigenvalue weighted by Crippen LogP contribution is -2.61. The number of carbonyl (C=O) groups excluding carboxylic acids is 2. The lowest BCUT2D eigenvalue weighted by atomic mass is 9.89. The van der Waals surface area contributed by atoms with Gasteiger partial charge in [-0.15, -0.1) is 0 Å². The van der Waals surface area contributed by atoms with Gasteiger partial charge in [-0.3, -0.25) is 14.6 Å². The maximum atomic E-state index is 13.1. The highest BCUT2D eigenvalue weighted by atomic mass is 16.5. The Morgan fingerprint density at radius 3 is 2.52 bits per heavy atom. The summed E-state index contributed by atoms with van der Waals surface area (Å²) in [5, 5.41) is 2.75. The number of likely N-dealkylation sites (N-methyl/N-ethyl adjacent to an activating group) is 1. The molecule has 1 aliphatic rings. The van der Waals surface area contributed by atoms with Crippen LogP contribution in [0.3, 0.4) is 0 Å². The fourth-order valence-electron chi connectivity index (χ4n) is 4.28. The molecule has 2 aromatic carbocycles. The van der Waals surface area contributed by atoms with Gasteiger partial charge in [-0.2, -0.15) is 0 Å². The number of aromatic nitrogens is 1. The molecule has 33 heavy (non-hydrogen) atoms. The molecule has 0 saturated carbocycles. The van der Waals surface area contributed by atoms with Crippen molar-refractivity contribution in [1.29, 1.82) is 0 Å². The van der Waals surface area contributed by atoms with Crippen molar-refractivity contribution in [3.63, 3.8) is 0 Å². The zero-order valence-corrected chi connectivity index (χ0v) is 19.1. The number of nitrogens with one attached hydrogen (secondary N) is 1. The number of pyridine rings is 1. The Labute approximate surface area is 194 Å². The summed E-state index contributed by atoms with van der Waals surface area (Å²) in [7, 11) is 1.61. The summed E-state index contributed by atoms with van der Waals surface area (Å²) in [5.74, 6) is -0.217. The third-order valence-corrected chi connectivity index (χ3v) is 6.09. The molecule has 4 rings (SSSR count). The Hall–Kier alpha value is -3.51. The van der Waals surface area contributed by atoms with E-state index in [0.717, 1.165) is 27.8 Å². The van der Waals surface area contributed by atoms with Crippen molar-refractivity contribution < 1.29 is 14.3 Å². The average Bonchev–Trinajstić information content (AvgIpc) is 2.85. The van der Waals surface area contributed by atoms with Gasteiger partial charge in [0, 0.05) is 32.4 Å². The number of amides is 2. The maximum Gasteiger partial charge on any atom is 0.254 e. The second-order valence-electron chi connectivity index (χ2n) is 8.51. The lowest BCUT2D eigenvalue weighted by molar-refractivity contribution is -0.165. The van der Waals surface area contributed by atoms with Gasteiger partial charge in [-0.25, -0.2) is 0 Å². The van der Waals surface area contributed by atoms with E-state index >= 15 is 0 Å². The number of aryl methyl sites for hydroxylation is 1. The van der Waals surface area contributed by atoms with Crippen LogP contribution in [0.2, 0.25) is 0 Å². The zero-order chi connectivity index (χ0) is 23.3. The number of nitrogens with zero attached hydrogens (tertiary/aromatic N) is 2. The highest BCUT2D eigenvalue weighted by Gasteiger charge is 2.44. The van der Waals surface area contributed by atoms with E-state index in [-0.39, 0.29) is 18.4 Å². The smallest absolute Gasteiger partial charge is 0.254 e. The van der Waals surface area contributed by atoms with Crippen molar-refractivity contribution in [2.75, 3.05) is 26.7 Å². The molecular weight excluding hydrogens is 414 g/mol. The van der Waals surface area contributed by atoms with E-state index in [1.165, 1.54) is 0 Å². The first-order chi connectivity index (χ1) is 16.0. The van der Waals surface area contributed by atoms with Crippen LogP contribution in [-0.4, -0.2) is 54.0 Å². The van der Waals surface area contributed by atoms with E-state index in [0.29, 0.717) is 26.0 Å². The molecule has 2 heterocycles. The molecule has 0 radical (unpaired) electrons. The van der Waals surface area contributed by atoms with Crippen LogP contribution in [0.1, 0.15) is 16.7 Å². The van der Waals surface area contributed by atoms with E-state index in [9.17, 15) is 9.59 Å². The second-order valence-corrected chi connectivity index (χ2v) is 8.51. The van der Waals surface area contributed by atoms with Crippen molar-refractivity contribution in [2.45, 2.75) is 25.4 Å². The quantitative estimate of drug-likeness (QED) is 0.635. The minimum Gasteiger partial charge on any atom is -0.361 e. The number of carbonyl (C=O) groups is 2. The highest BCUT2D eigenvalue weighted by Crippen LogP contribution is 2.27. The van der Waals surface area contributed by atoms with Crippen LogP contribution in [0.15, 0.2) is 73.1 Å². The molecule has 0 spiro atoms. The monoisotopic (exact) mass is 443 g/mol. The number of morpholine rings is 1. The zero-order valence-electron chi connectivity index (χ0n) is 19.1. The summed E-state index contributed by atoms with van der Waals surface area (Å²) >= 11 is 0. The topological polar surface area (TPSA) is 71.5 Å². The van der Waals surface area contributed by atoms with Crippen molar-refractivity contribution in [3.05, 3.63) is 89.7 Å². The molecule has 1 aliphatic heterocycles. The van der Waals surface area contributed by atoms with Crippen LogP contribution < -0.4 is 5.32 Å². The van der Waals surface area contributed by atoms with Gasteiger partial charge < -0.3 is 15.0 Å². The Bertz CT molecular complexity index is 1110. The molecule has 0 unspecified atom stereocenters. The van der Waals surface area contributed by atoms with Gasteiger partial charge in [-0.05, 0) is 41.3 Å². The largest absolute Gasteiger partial charge is 0.361 e. The molecular formula is C27H29N3O3. The molecule has 170 valence electrons. The standard InChI is InChI=1S/C27H29N3O3/c1-20-6-8-21(9-7-20)17-25(31)30-14-15-33-27(19-30,26(32)28-2)18-22-4-3-5-24(16-22)23-10-12-29-13-11-23/h3-13,16H,14-15,17-19H2,1-2H3,(H,28,32)/t27-/m1/s1. The number of benzene rings is 2. The van der Waals surface area contributed by atoms with Crippen LogP contribution >= 0.6 is 0 Å². The molecule has 2 amide bonds. The van der Waals surface area contributed by atoms with Crippen molar-refractivity contribution in [3.8, 4) is 11.1 Å². The summed E-state index contributed by atoms with van der Waals surface area (Å²) in [6.07, 6.45) is 4.20. The molecule has 1 atom stereocenters. The van der Waals surface area contributed by atoms with Gasteiger partial charge in [0.1, 0.15) is 0 Å². The van der Waals surface area contributed by atoms with E-state index in [1.807, 2.05) is 61.5 Å². The minimum absolute atomic E-state index is 0.000896. The van der Waals surface area contributed by atoms with Gasteiger partial charge in [-0.1, -0.05) is 54.1 Å². The van der Waals surface area contributed by atoms with Gasteiger partial charge in [0.2, 0.25) is 5.91 Å². The van der Waals surface area contributed by atoms with Gasteiger partial charge >= 0.3 is 0 Å².